The van der Waals surface area contributed by atoms with Gasteiger partial charge in [0, 0.05) is 30.7 Å². The maximum absolute atomic E-state index is 12.2. The van der Waals surface area contributed by atoms with Crippen LogP contribution in [-0.2, 0) is 0 Å². The second-order valence-corrected chi connectivity index (χ2v) is 4.88. The molecule has 3 nitrogen and oxygen atoms in total. The molecular formula is C11H13BrCl2N2O. The van der Waals surface area contributed by atoms with Crippen LogP contribution in [-0.4, -0.2) is 37.0 Å². The molecule has 0 aromatic heterocycles. The fourth-order valence-corrected chi connectivity index (χ4v) is 2.28. The number of hydrogen-bond acceptors (Lipinski definition) is 2. The maximum atomic E-state index is 12.2. The Morgan fingerprint density at radius 3 is 2.65 bits per heavy atom. The highest BCUT2D eigenvalue weighted by Crippen LogP contribution is 2.26. The van der Waals surface area contributed by atoms with Gasteiger partial charge in [-0.3, -0.25) is 4.79 Å². The fourth-order valence-electron chi connectivity index (χ4n) is 1.71. The SMILES string of the molecule is Cl.O=C(c1cccc(Br)c1Cl)N1CCNCC1. The first kappa shape index (κ1) is 14.8. The fraction of sp³-hybridized carbons (Fsp3) is 0.364. The third-order valence-corrected chi connectivity index (χ3v) is 3.88. The topological polar surface area (TPSA) is 32.3 Å². The number of nitrogens with zero attached hydrogens (tertiary/aromatic N) is 1. The summed E-state index contributed by atoms with van der Waals surface area (Å²) in [5, 5.41) is 3.70. The van der Waals surface area contributed by atoms with Crippen LogP contribution in [0.2, 0.25) is 5.02 Å². The summed E-state index contributed by atoms with van der Waals surface area (Å²) in [6, 6.07) is 5.42. The highest BCUT2D eigenvalue weighted by Gasteiger charge is 2.20. The minimum absolute atomic E-state index is 0. The smallest absolute Gasteiger partial charge is 0.255 e. The van der Waals surface area contributed by atoms with E-state index in [1.165, 1.54) is 0 Å². The van der Waals surface area contributed by atoms with Gasteiger partial charge in [0.15, 0.2) is 0 Å². The van der Waals surface area contributed by atoms with Crippen LogP contribution in [0.25, 0.3) is 0 Å². The van der Waals surface area contributed by atoms with E-state index in [4.69, 9.17) is 11.6 Å². The van der Waals surface area contributed by atoms with Gasteiger partial charge >= 0.3 is 0 Å². The number of carbonyl (C=O) groups excluding carboxylic acids is 1. The Morgan fingerprint density at radius 2 is 2.00 bits per heavy atom. The lowest BCUT2D eigenvalue weighted by atomic mass is 10.2. The van der Waals surface area contributed by atoms with E-state index in [0.717, 1.165) is 30.7 Å². The number of amides is 1. The Hall–Kier alpha value is -0.290. The molecule has 1 aliphatic heterocycles. The van der Waals surface area contributed by atoms with E-state index < -0.39 is 0 Å². The summed E-state index contributed by atoms with van der Waals surface area (Å²) >= 11 is 9.42. The van der Waals surface area contributed by atoms with Crippen molar-refractivity contribution in [3.63, 3.8) is 0 Å². The highest BCUT2D eigenvalue weighted by atomic mass is 79.9. The number of nitrogens with one attached hydrogen (secondary N) is 1. The Bertz CT molecular complexity index is 408. The molecule has 1 aliphatic rings. The molecule has 0 aliphatic carbocycles. The van der Waals surface area contributed by atoms with Crippen LogP contribution in [0.5, 0.6) is 0 Å². The van der Waals surface area contributed by atoms with Gasteiger partial charge in [-0.2, -0.15) is 0 Å². The second-order valence-electron chi connectivity index (χ2n) is 3.64. The minimum atomic E-state index is 0. The normalized spacial score (nSPS) is 15.3. The van der Waals surface area contributed by atoms with E-state index in [-0.39, 0.29) is 18.3 Å². The molecule has 1 amide bonds. The summed E-state index contributed by atoms with van der Waals surface area (Å²) in [7, 11) is 0. The number of halogens is 3. The van der Waals surface area contributed by atoms with Gasteiger partial charge in [-0.1, -0.05) is 17.7 Å². The van der Waals surface area contributed by atoms with Crippen LogP contribution in [0, 0.1) is 0 Å². The summed E-state index contributed by atoms with van der Waals surface area (Å²) in [4.78, 5) is 14.0. The molecule has 0 radical (unpaired) electrons. The molecule has 0 spiro atoms. The zero-order valence-electron chi connectivity index (χ0n) is 9.08. The number of carbonyl (C=O) groups is 1. The van der Waals surface area contributed by atoms with Crippen LogP contribution < -0.4 is 5.32 Å². The highest BCUT2D eigenvalue weighted by molar-refractivity contribution is 9.10. The van der Waals surface area contributed by atoms with Crippen molar-refractivity contribution < 1.29 is 4.79 Å². The number of benzene rings is 1. The van der Waals surface area contributed by atoms with Crippen LogP contribution in [0.15, 0.2) is 22.7 Å². The molecule has 1 aromatic carbocycles. The lowest BCUT2D eigenvalue weighted by molar-refractivity contribution is 0.0736. The summed E-state index contributed by atoms with van der Waals surface area (Å²) in [5.41, 5.74) is 0.568. The summed E-state index contributed by atoms with van der Waals surface area (Å²) in [5.74, 6) is 0.00722. The van der Waals surface area contributed by atoms with E-state index in [1.807, 2.05) is 17.0 Å². The largest absolute Gasteiger partial charge is 0.336 e. The number of piperazine rings is 1. The minimum Gasteiger partial charge on any atom is -0.336 e. The maximum Gasteiger partial charge on any atom is 0.255 e. The molecule has 2 rings (SSSR count). The quantitative estimate of drug-likeness (QED) is 0.852. The van der Waals surface area contributed by atoms with Gasteiger partial charge in [0.2, 0.25) is 0 Å². The van der Waals surface area contributed by atoms with Crippen LogP contribution >= 0.6 is 39.9 Å². The van der Waals surface area contributed by atoms with Gasteiger partial charge < -0.3 is 10.2 Å². The first-order valence-electron chi connectivity index (χ1n) is 5.14. The van der Waals surface area contributed by atoms with Crippen LogP contribution in [0.1, 0.15) is 10.4 Å². The second kappa shape index (κ2) is 6.59. The summed E-state index contributed by atoms with van der Waals surface area (Å²) in [6.45, 7) is 3.16. The van der Waals surface area contributed by atoms with E-state index in [0.29, 0.717) is 10.6 Å². The Balaban J connectivity index is 0.00000144. The molecule has 0 saturated carbocycles. The molecule has 1 aromatic rings. The van der Waals surface area contributed by atoms with Crippen LogP contribution in [0.3, 0.4) is 0 Å². The Kier molecular flexibility index (Phi) is 5.73. The average molecular weight is 340 g/mol. The predicted octanol–water partition coefficient (Wildman–Crippen LogP) is 2.57. The zero-order valence-corrected chi connectivity index (χ0v) is 12.2. The number of hydrogen-bond donors (Lipinski definition) is 1. The van der Waals surface area contributed by atoms with Gasteiger partial charge in [-0.15, -0.1) is 12.4 Å². The van der Waals surface area contributed by atoms with Crippen molar-refractivity contribution in [2.75, 3.05) is 26.2 Å². The van der Waals surface area contributed by atoms with E-state index in [2.05, 4.69) is 21.2 Å². The van der Waals surface area contributed by atoms with Crippen molar-refractivity contribution >= 4 is 45.8 Å². The molecule has 1 saturated heterocycles. The molecule has 1 heterocycles. The molecule has 94 valence electrons. The molecule has 17 heavy (non-hydrogen) atoms. The Labute approximate surface area is 120 Å². The van der Waals surface area contributed by atoms with E-state index in [9.17, 15) is 4.79 Å². The van der Waals surface area contributed by atoms with Crippen molar-refractivity contribution in [1.82, 2.24) is 10.2 Å². The molecule has 0 bridgehead atoms. The first-order valence-corrected chi connectivity index (χ1v) is 6.31. The van der Waals surface area contributed by atoms with Crippen molar-refractivity contribution in [3.8, 4) is 0 Å². The summed E-state index contributed by atoms with van der Waals surface area (Å²) < 4.78 is 0.759. The molecule has 0 unspecified atom stereocenters. The van der Waals surface area contributed by atoms with Gasteiger partial charge in [0.25, 0.3) is 5.91 Å². The van der Waals surface area contributed by atoms with Crippen LogP contribution in [0.4, 0.5) is 0 Å². The zero-order chi connectivity index (χ0) is 11.5. The van der Waals surface area contributed by atoms with Gasteiger partial charge in [-0.05, 0) is 28.1 Å². The monoisotopic (exact) mass is 338 g/mol. The third-order valence-electron chi connectivity index (χ3n) is 2.59. The lowest BCUT2D eigenvalue weighted by Crippen LogP contribution is -2.46. The first-order chi connectivity index (χ1) is 7.70. The molecule has 1 N–H and O–H groups in total. The average Bonchev–Trinajstić information content (AvgIpc) is 2.33. The molecule has 0 atom stereocenters. The Morgan fingerprint density at radius 1 is 1.35 bits per heavy atom. The van der Waals surface area contributed by atoms with Gasteiger partial charge in [-0.25, -0.2) is 0 Å². The van der Waals surface area contributed by atoms with Crippen molar-refractivity contribution in [2.24, 2.45) is 0 Å². The lowest BCUT2D eigenvalue weighted by Gasteiger charge is -2.27. The predicted molar refractivity (Wildman–Crippen MR) is 75.2 cm³/mol. The third kappa shape index (κ3) is 3.35. The van der Waals surface area contributed by atoms with Gasteiger partial charge in [0.05, 0.1) is 10.6 Å². The van der Waals surface area contributed by atoms with E-state index >= 15 is 0 Å². The van der Waals surface area contributed by atoms with E-state index in [1.54, 1.807) is 6.07 Å². The number of rotatable bonds is 1. The van der Waals surface area contributed by atoms with Crippen molar-refractivity contribution in [2.45, 2.75) is 0 Å². The molecular weight excluding hydrogens is 327 g/mol. The molecule has 1 fully saturated rings. The molecule has 6 heteroatoms. The van der Waals surface area contributed by atoms with Gasteiger partial charge in [0.1, 0.15) is 0 Å². The standard InChI is InChI=1S/C11H12BrClN2O.ClH/c12-9-3-1-2-8(10(9)13)11(16)15-6-4-14-5-7-15;/h1-3,14H,4-7H2;1H. The summed E-state index contributed by atoms with van der Waals surface area (Å²) in [6.07, 6.45) is 0. The van der Waals surface area contributed by atoms with Crippen molar-refractivity contribution in [1.29, 1.82) is 0 Å². The van der Waals surface area contributed by atoms with Crippen molar-refractivity contribution in [3.05, 3.63) is 33.3 Å².